The monoisotopic (exact) mass is 327 g/mol. The minimum atomic E-state index is -0.445. The molecule has 6 heteroatoms. The Morgan fingerprint density at radius 2 is 2.33 bits per heavy atom. The summed E-state index contributed by atoms with van der Waals surface area (Å²) in [7, 11) is 1.34. The second kappa shape index (κ2) is 6.25. The van der Waals surface area contributed by atoms with E-state index < -0.39 is 5.97 Å². The second-order valence-electron chi connectivity index (χ2n) is 6.73. The Hall–Kier alpha value is -2.39. The van der Waals surface area contributed by atoms with E-state index in [1.165, 1.54) is 7.11 Å². The molecule has 0 saturated carbocycles. The first kappa shape index (κ1) is 16.5. The average Bonchev–Trinajstić information content (AvgIpc) is 2.91. The number of fused-ring (bicyclic) bond motifs is 1. The molecule has 3 rings (SSSR count). The van der Waals surface area contributed by atoms with E-state index in [2.05, 4.69) is 25.0 Å². The van der Waals surface area contributed by atoms with Crippen molar-refractivity contribution < 1.29 is 14.3 Å². The molecule has 1 aliphatic rings. The topological polar surface area (TPSA) is 76.6 Å². The summed E-state index contributed by atoms with van der Waals surface area (Å²) in [4.78, 5) is 12.0. The van der Waals surface area contributed by atoms with Crippen LogP contribution in [0, 0.1) is 11.3 Å². The van der Waals surface area contributed by atoms with Gasteiger partial charge in [0.25, 0.3) is 0 Å². The molecule has 6 nitrogen and oxygen atoms in total. The van der Waals surface area contributed by atoms with Gasteiger partial charge < -0.3 is 9.47 Å². The van der Waals surface area contributed by atoms with Gasteiger partial charge in [0.05, 0.1) is 42.0 Å². The van der Waals surface area contributed by atoms with Gasteiger partial charge in [-0.15, -0.1) is 0 Å². The van der Waals surface area contributed by atoms with Gasteiger partial charge in [0.15, 0.2) is 0 Å². The highest BCUT2D eigenvalue weighted by Gasteiger charge is 2.31. The predicted octanol–water partition coefficient (Wildman–Crippen LogP) is 2.86. The van der Waals surface area contributed by atoms with Crippen LogP contribution < -0.4 is 0 Å². The van der Waals surface area contributed by atoms with Crippen molar-refractivity contribution in [2.24, 2.45) is 0 Å². The molecule has 0 N–H and O–H groups in total. The highest BCUT2D eigenvalue weighted by molar-refractivity contribution is 5.93. The van der Waals surface area contributed by atoms with Crippen LogP contribution in [0.5, 0.6) is 0 Å². The average molecular weight is 327 g/mol. The van der Waals surface area contributed by atoms with Crippen molar-refractivity contribution in [3.63, 3.8) is 0 Å². The summed E-state index contributed by atoms with van der Waals surface area (Å²) in [6.07, 6.45) is 3.63. The van der Waals surface area contributed by atoms with E-state index in [1.54, 1.807) is 10.7 Å². The number of rotatable bonds is 3. The molecule has 0 radical (unpaired) electrons. The van der Waals surface area contributed by atoms with Crippen LogP contribution >= 0.6 is 0 Å². The van der Waals surface area contributed by atoms with E-state index in [0.717, 1.165) is 30.7 Å². The molecule has 0 bridgehead atoms. The Morgan fingerprint density at radius 3 is 3.00 bits per heavy atom. The van der Waals surface area contributed by atoms with Crippen LogP contribution in [0.2, 0.25) is 0 Å². The highest BCUT2D eigenvalue weighted by Crippen LogP contribution is 2.35. The van der Waals surface area contributed by atoms with Crippen molar-refractivity contribution in [1.29, 1.82) is 5.26 Å². The number of nitrogens with zero attached hydrogens (tertiary/aromatic N) is 3. The molecule has 0 amide bonds. The zero-order chi connectivity index (χ0) is 17.3. The van der Waals surface area contributed by atoms with Crippen LogP contribution in [-0.2, 0) is 15.9 Å². The zero-order valence-electron chi connectivity index (χ0n) is 14.2. The number of hydrogen-bond acceptors (Lipinski definition) is 5. The van der Waals surface area contributed by atoms with Crippen molar-refractivity contribution in [3.8, 4) is 6.07 Å². The lowest BCUT2D eigenvalue weighted by Crippen LogP contribution is -2.33. The van der Waals surface area contributed by atoms with Crippen molar-refractivity contribution in [2.75, 3.05) is 13.7 Å². The highest BCUT2D eigenvalue weighted by atomic mass is 16.5. The first-order valence-electron chi connectivity index (χ1n) is 8.05. The van der Waals surface area contributed by atoms with Gasteiger partial charge in [0, 0.05) is 24.3 Å². The van der Waals surface area contributed by atoms with E-state index in [0.29, 0.717) is 17.0 Å². The fraction of sp³-hybridized carbons (Fsp3) is 0.500. The Morgan fingerprint density at radius 1 is 1.54 bits per heavy atom. The van der Waals surface area contributed by atoms with Gasteiger partial charge in [-0.2, -0.15) is 10.4 Å². The molecule has 2 aromatic rings. The van der Waals surface area contributed by atoms with Crippen LogP contribution in [-0.4, -0.2) is 34.9 Å². The molecular formula is C18H21N3O3. The van der Waals surface area contributed by atoms with Crippen LogP contribution in [0.1, 0.15) is 54.2 Å². The maximum absolute atomic E-state index is 12.0. The Kier molecular flexibility index (Phi) is 4.29. The quantitative estimate of drug-likeness (QED) is 0.810. The predicted molar refractivity (Wildman–Crippen MR) is 87.9 cm³/mol. The minimum absolute atomic E-state index is 0.145. The zero-order valence-corrected chi connectivity index (χ0v) is 14.2. The molecule has 0 aromatic carbocycles. The lowest BCUT2D eigenvalue weighted by molar-refractivity contribution is -0.0598. The molecule has 2 aromatic heterocycles. The molecule has 1 saturated heterocycles. The number of hydrogen-bond donors (Lipinski definition) is 0. The van der Waals surface area contributed by atoms with E-state index in [9.17, 15) is 4.79 Å². The summed E-state index contributed by atoms with van der Waals surface area (Å²) in [6.45, 7) is 4.90. The summed E-state index contributed by atoms with van der Waals surface area (Å²) in [6, 6.07) is 6.03. The van der Waals surface area contributed by atoms with Crippen molar-refractivity contribution in [1.82, 2.24) is 9.61 Å². The SMILES string of the molecule is COC(=O)c1cn2nc(C3CCOC(C)(C)C3)ccc2c1CC#N. The van der Waals surface area contributed by atoms with Crippen LogP contribution in [0.15, 0.2) is 18.3 Å². The maximum Gasteiger partial charge on any atom is 0.339 e. The number of esters is 1. The minimum Gasteiger partial charge on any atom is -0.465 e. The smallest absolute Gasteiger partial charge is 0.339 e. The fourth-order valence-corrected chi connectivity index (χ4v) is 3.38. The van der Waals surface area contributed by atoms with Crippen LogP contribution in [0.4, 0.5) is 0 Å². The molecule has 0 aliphatic carbocycles. The number of methoxy groups -OCH3 is 1. The third kappa shape index (κ3) is 3.00. The van der Waals surface area contributed by atoms with Crippen LogP contribution in [0.25, 0.3) is 5.52 Å². The van der Waals surface area contributed by atoms with Gasteiger partial charge in [-0.25, -0.2) is 9.31 Å². The standard InChI is InChI=1S/C18H21N3O3/c1-18(2)10-12(7-9-24-18)15-4-5-16-13(6-8-19)14(17(22)23-3)11-21(16)20-15/h4-5,11-12H,6-7,9-10H2,1-3H3. The van der Waals surface area contributed by atoms with Crippen LogP contribution in [0.3, 0.4) is 0 Å². The number of nitriles is 1. The number of carbonyl (C=O) groups excluding carboxylic acids is 1. The largest absolute Gasteiger partial charge is 0.465 e. The van der Waals surface area contributed by atoms with Gasteiger partial charge >= 0.3 is 5.97 Å². The van der Waals surface area contributed by atoms with Crippen molar-refractivity contribution >= 4 is 11.5 Å². The van der Waals surface area contributed by atoms with E-state index in [-0.39, 0.29) is 12.0 Å². The fourth-order valence-electron chi connectivity index (χ4n) is 3.38. The third-order valence-corrected chi connectivity index (χ3v) is 4.54. The van der Waals surface area contributed by atoms with E-state index >= 15 is 0 Å². The molecule has 3 heterocycles. The van der Waals surface area contributed by atoms with E-state index in [1.807, 2.05) is 12.1 Å². The number of aromatic nitrogens is 2. The Bertz CT molecular complexity index is 817. The maximum atomic E-state index is 12.0. The summed E-state index contributed by atoms with van der Waals surface area (Å²) >= 11 is 0. The lowest BCUT2D eigenvalue weighted by Gasteiger charge is -2.35. The molecule has 0 spiro atoms. The van der Waals surface area contributed by atoms with Crippen molar-refractivity contribution in [3.05, 3.63) is 35.2 Å². The third-order valence-electron chi connectivity index (χ3n) is 4.54. The molecule has 1 fully saturated rings. The number of ether oxygens (including phenoxy) is 2. The summed E-state index contributed by atoms with van der Waals surface area (Å²) in [5.74, 6) is -0.124. The van der Waals surface area contributed by atoms with Gasteiger partial charge in [-0.05, 0) is 38.8 Å². The summed E-state index contributed by atoms with van der Waals surface area (Å²) < 4.78 is 12.3. The van der Waals surface area contributed by atoms with Gasteiger partial charge in [0.1, 0.15) is 0 Å². The number of carbonyl (C=O) groups is 1. The molecule has 1 unspecified atom stereocenters. The normalized spacial score (nSPS) is 19.8. The Balaban J connectivity index is 2.02. The summed E-state index contributed by atoms with van der Waals surface area (Å²) in [5, 5.41) is 13.7. The lowest BCUT2D eigenvalue weighted by atomic mass is 9.86. The van der Waals surface area contributed by atoms with Gasteiger partial charge in [0.2, 0.25) is 0 Å². The first-order chi connectivity index (χ1) is 11.4. The molecule has 126 valence electrons. The summed E-state index contributed by atoms with van der Waals surface area (Å²) in [5.41, 5.74) is 2.66. The van der Waals surface area contributed by atoms with Crippen molar-refractivity contribution in [2.45, 2.75) is 44.6 Å². The van der Waals surface area contributed by atoms with Gasteiger partial charge in [-0.1, -0.05) is 0 Å². The van der Waals surface area contributed by atoms with Gasteiger partial charge in [-0.3, -0.25) is 0 Å². The molecule has 24 heavy (non-hydrogen) atoms. The van der Waals surface area contributed by atoms with E-state index in [4.69, 9.17) is 14.7 Å². The molecule has 1 atom stereocenters. The molecule has 1 aliphatic heterocycles. The first-order valence-corrected chi connectivity index (χ1v) is 8.05. The Labute approximate surface area is 141 Å². The molecular weight excluding hydrogens is 306 g/mol. The second-order valence-corrected chi connectivity index (χ2v) is 6.73.